The van der Waals surface area contributed by atoms with Crippen molar-refractivity contribution >= 4 is 67.3 Å². The number of hydrogen-bond acceptors (Lipinski definition) is 8. The first kappa shape index (κ1) is 22.0. The van der Waals surface area contributed by atoms with Crippen LogP contribution < -0.4 is 10.0 Å². The van der Waals surface area contributed by atoms with Gasteiger partial charge in [-0.05, 0) is 42.5 Å². The zero-order chi connectivity index (χ0) is 21.9. The average molecular weight is 487 g/mol. The summed E-state index contributed by atoms with van der Waals surface area (Å²) in [6, 6.07) is 10.1. The van der Waals surface area contributed by atoms with Gasteiger partial charge in [-0.15, -0.1) is 10.2 Å². The average Bonchev–Trinajstić information content (AvgIpc) is 3.18. The van der Waals surface area contributed by atoms with Crippen molar-refractivity contribution < 1.29 is 22.7 Å². The van der Waals surface area contributed by atoms with Crippen LogP contribution in [0.1, 0.15) is 20.7 Å². The van der Waals surface area contributed by atoms with Crippen molar-refractivity contribution in [2.45, 2.75) is 4.34 Å². The molecule has 0 saturated heterocycles. The Bertz CT molecular complexity index is 1210. The summed E-state index contributed by atoms with van der Waals surface area (Å²) < 4.78 is 31.6. The number of nitrogens with zero attached hydrogens (tertiary/aromatic N) is 2. The minimum absolute atomic E-state index is 0.00690. The summed E-state index contributed by atoms with van der Waals surface area (Å²) in [5.74, 6) is -1.22. The molecule has 2 aromatic carbocycles. The van der Waals surface area contributed by atoms with Crippen LogP contribution in [0, 0.1) is 0 Å². The monoisotopic (exact) mass is 486 g/mol. The second-order valence-corrected chi connectivity index (χ2v) is 9.30. The molecule has 0 atom stereocenters. The first-order chi connectivity index (χ1) is 14.2. The predicted octanol–water partition coefficient (Wildman–Crippen LogP) is 3.68. The van der Waals surface area contributed by atoms with E-state index in [0.29, 0.717) is 21.9 Å². The molecule has 0 aliphatic rings. The number of carbonyl (C=O) groups is 2. The van der Waals surface area contributed by atoms with Gasteiger partial charge in [-0.25, -0.2) is 4.79 Å². The van der Waals surface area contributed by atoms with Crippen LogP contribution in [-0.2, 0) is 14.8 Å². The molecule has 0 spiro atoms. The van der Waals surface area contributed by atoms with Crippen LogP contribution in [0.15, 0.2) is 46.8 Å². The van der Waals surface area contributed by atoms with Gasteiger partial charge in [0.25, 0.3) is 20.3 Å². The van der Waals surface area contributed by atoms with Gasteiger partial charge in [-0.3, -0.25) is 14.8 Å². The van der Waals surface area contributed by atoms with E-state index < -0.39 is 21.9 Å². The molecule has 0 radical (unpaired) electrons. The van der Waals surface area contributed by atoms with E-state index in [4.69, 9.17) is 23.2 Å². The van der Waals surface area contributed by atoms with Crippen LogP contribution in [0.4, 0.5) is 10.8 Å². The maximum absolute atomic E-state index is 12.6. The highest BCUT2D eigenvalue weighted by Crippen LogP contribution is 2.26. The number of aromatic nitrogens is 2. The Balaban J connectivity index is 1.76. The Labute approximate surface area is 185 Å². The van der Waals surface area contributed by atoms with Crippen LogP contribution >= 0.6 is 34.5 Å². The third-order valence-electron chi connectivity index (χ3n) is 3.59. The molecule has 1 amide bonds. The molecule has 13 heteroatoms. The third kappa shape index (κ3) is 5.05. The fourth-order valence-corrected chi connectivity index (χ4v) is 4.46. The smallest absolute Gasteiger partial charge is 0.339 e. The van der Waals surface area contributed by atoms with Gasteiger partial charge in [0.2, 0.25) is 5.13 Å². The van der Waals surface area contributed by atoms with E-state index in [2.05, 4.69) is 25.0 Å². The lowest BCUT2D eigenvalue weighted by atomic mass is 10.2. The second kappa shape index (κ2) is 8.96. The summed E-state index contributed by atoms with van der Waals surface area (Å²) in [4.78, 5) is 23.9. The van der Waals surface area contributed by atoms with E-state index in [9.17, 15) is 18.0 Å². The Kier molecular flexibility index (Phi) is 6.56. The van der Waals surface area contributed by atoms with Gasteiger partial charge >= 0.3 is 5.97 Å². The number of benzene rings is 2. The van der Waals surface area contributed by atoms with Gasteiger partial charge in [0.1, 0.15) is 0 Å². The molecule has 2 N–H and O–H groups in total. The summed E-state index contributed by atoms with van der Waals surface area (Å²) in [5.41, 5.74) is 0.378. The van der Waals surface area contributed by atoms with E-state index in [0.717, 1.165) is 0 Å². The zero-order valence-corrected chi connectivity index (χ0v) is 18.2. The molecule has 0 aliphatic heterocycles. The Morgan fingerprint density at radius 1 is 1.07 bits per heavy atom. The predicted molar refractivity (Wildman–Crippen MR) is 113 cm³/mol. The number of ether oxygens (including phenoxy) is 1. The number of hydrogen-bond donors (Lipinski definition) is 2. The van der Waals surface area contributed by atoms with Gasteiger partial charge in [0.15, 0.2) is 0 Å². The zero-order valence-electron chi connectivity index (χ0n) is 15.0. The van der Waals surface area contributed by atoms with E-state index >= 15 is 0 Å². The molecule has 0 fully saturated rings. The lowest BCUT2D eigenvalue weighted by Crippen LogP contribution is -2.13. The van der Waals surface area contributed by atoms with E-state index in [1.807, 2.05) is 0 Å². The molecule has 0 saturated carbocycles. The van der Waals surface area contributed by atoms with Crippen molar-refractivity contribution in [1.82, 2.24) is 10.2 Å². The Hall–Kier alpha value is -2.73. The Morgan fingerprint density at radius 2 is 1.77 bits per heavy atom. The highest BCUT2D eigenvalue weighted by atomic mass is 35.5. The number of amides is 1. The largest absolute Gasteiger partial charge is 0.465 e. The van der Waals surface area contributed by atoms with Crippen LogP contribution in [0.5, 0.6) is 0 Å². The van der Waals surface area contributed by atoms with Gasteiger partial charge < -0.3 is 4.74 Å². The standard InChI is InChI=1S/C17H12Cl2N4O5S2/c1-28-15(25)12-8-11(6-7-13(12)19)23-30(26,27)17-22-21-16(29-17)20-14(24)9-2-4-10(18)5-3-9/h2-8,23H,1H3,(H,20,21,24). The normalized spacial score (nSPS) is 11.0. The molecule has 0 unspecified atom stereocenters. The molecule has 30 heavy (non-hydrogen) atoms. The van der Waals surface area contributed by atoms with Crippen molar-refractivity contribution in [3.05, 3.63) is 63.6 Å². The topological polar surface area (TPSA) is 127 Å². The highest BCUT2D eigenvalue weighted by molar-refractivity contribution is 7.94. The minimum atomic E-state index is -4.13. The third-order valence-corrected chi connectivity index (χ3v) is 6.76. The first-order valence-electron chi connectivity index (χ1n) is 8.01. The fraction of sp³-hybridized carbons (Fsp3) is 0.0588. The SMILES string of the molecule is COC(=O)c1cc(NS(=O)(=O)c2nnc(NC(=O)c3ccc(Cl)cc3)s2)ccc1Cl. The second-order valence-electron chi connectivity index (χ2n) is 5.63. The number of nitrogens with one attached hydrogen (secondary N) is 2. The summed E-state index contributed by atoms with van der Waals surface area (Å²) in [6.45, 7) is 0. The number of halogens is 2. The maximum atomic E-state index is 12.6. The summed E-state index contributed by atoms with van der Waals surface area (Å²) in [6.07, 6.45) is 0. The number of anilines is 2. The van der Waals surface area contributed by atoms with Gasteiger partial charge in [-0.2, -0.15) is 8.42 Å². The van der Waals surface area contributed by atoms with Crippen molar-refractivity contribution in [3.63, 3.8) is 0 Å². The van der Waals surface area contributed by atoms with Gasteiger partial charge in [-0.1, -0.05) is 34.5 Å². The fourth-order valence-electron chi connectivity index (χ4n) is 2.19. The molecule has 0 aliphatic carbocycles. The highest BCUT2D eigenvalue weighted by Gasteiger charge is 2.22. The van der Waals surface area contributed by atoms with E-state index in [1.165, 1.54) is 37.4 Å². The number of methoxy groups -OCH3 is 1. The minimum Gasteiger partial charge on any atom is -0.465 e. The molecule has 1 aromatic heterocycles. The van der Waals surface area contributed by atoms with Crippen LogP contribution in [0.3, 0.4) is 0 Å². The van der Waals surface area contributed by atoms with E-state index in [1.54, 1.807) is 12.1 Å². The molecular formula is C17H12Cl2N4O5S2. The van der Waals surface area contributed by atoms with Crippen molar-refractivity contribution in [2.75, 3.05) is 17.1 Å². The number of rotatable bonds is 6. The molecule has 3 aromatic rings. The maximum Gasteiger partial charge on any atom is 0.339 e. The van der Waals surface area contributed by atoms with Gasteiger partial charge in [0, 0.05) is 16.3 Å². The van der Waals surface area contributed by atoms with Crippen LogP contribution in [-0.4, -0.2) is 37.6 Å². The molecule has 1 heterocycles. The lowest BCUT2D eigenvalue weighted by molar-refractivity contribution is 0.0601. The summed E-state index contributed by atoms with van der Waals surface area (Å²) in [7, 11) is -2.95. The molecule has 0 bridgehead atoms. The number of esters is 1. The summed E-state index contributed by atoms with van der Waals surface area (Å²) >= 11 is 12.4. The van der Waals surface area contributed by atoms with E-state index in [-0.39, 0.29) is 25.7 Å². The Morgan fingerprint density at radius 3 is 2.43 bits per heavy atom. The van der Waals surface area contributed by atoms with Crippen molar-refractivity contribution in [2.24, 2.45) is 0 Å². The molecule has 9 nitrogen and oxygen atoms in total. The molecule has 3 rings (SSSR count). The number of sulfonamides is 1. The van der Waals surface area contributed by atoms with Crippen LogP contribution in [0.2, 0.25) is 10.0 Å². The van der Waals surface area contributed by atoms with Crippen LogP contribution in [0.25, 0.3) is 0 Å². The first-order valence-corrected chi connectivity index (χ1v) is 11.1. The van der Waals surface area contributed by atoms with Crippen molar-refractivity contribution in [3.8, 4) is 0 Å². The summed E-state index contributed by atoms with van der Waals surface area (Å²) in [5, 5.41) is 10.3. The molecule has 156 valence electrons. The van der Waals surface area contributed by atoms with Gasteiger partial charge in [0.05, 0.1) is 17.7 Å². The quantitative estimate of drug-likeness (QED) is 0.401. The lowest BCUT2D eigenvalue weighted by Gasteiger charge is -2.08. The van der Waals surface area contributed by atoms with Crippen molar-refractivity contribution in [1.29, 1.82) is 0 Å². The number of carbonyl (C=O) groups excluding carboxylic acids is 2. The molecular weight excluding hydrogens is 475 g/mol.